The van der Waals surface area contributed by atoms with Crippen LogP contribution in [0.15, 0.2) is 0 Å². The van der Waals surface area contributed by atoms with Gasteiger partial charge < -0.3 is 4.90 Å². The quantitative estimate of drug-likeness (QED) is 0.718. The molecule has 0 saturated carbocycles. The van der Waals surface area contributed by atoms with Crippen LogP contribution in [0.1, 0.15) is 34.1 Å². The molecule has 0 aromatic rings. The number of sulfonamides is 1. The van der Waals surface area contributed by atoms with Gasteiger partial charge in [-0.2, -0.15) is 0 Å². The first-order valence-electron chi connectivity index (χ1n) is 5.58. The second kappa shape index (κ2) is 6.85. The predicted octanol–water partition coefficient (Wildman–Crippen LogP) is 0.573. The number of hydrogen-bond acceptors (Lipinski definition) is 3. The summed E-state index contributed by atoms with van der Waals surface area (Å²) in [4.78, 5) is 13.0. The van der Waals surface area contributed by atoms with Gasteiger partial charge in [-0.3, -0.25) is 4.79 Å². The van der Waals surface area contributed by atoms with Crippen molar-refractivity contribution in [3.05, 3.63) is 0 Å². The third kappa shape index (κ3) is 5.46. The Balaban J connectivity index is 4.20. The van der Waals surface area contributed by atoms with Crippen LogP contribution in [-0.2, 0) is 14.8 Å². The third-order valence-electron chi connectivity index (χ3n) is 2.58. The van der Waals surface area contributed by atoms with E-state index in [0.29, 0.717) is 6.54 Å². The number of rotatable bonds is 7. The molecule has 0 heterocycles. The van der Waals surface area contributed by atoms with E-state index in [2.05, 4.69) is 4.72 Å². The van der Waals surface area contributed by atoms with Gasteiger partial charge in [-0.15, -0.1) is 0 Å². The zero-order chi connectivity index (χ0) is 12.8. The number of carbonyl (C=O) groups is 1. The third-order valence-corrected chi connectivity index (χ3v) is 3.99. The lowest BCUT2D eigenvalue weighted by molar-refractivity contribution is -0.130. The molecule has 0 saturated heterocycles. The molecule has 0 aromatic heterocycles. The minimum absolute atomic E-state index is 0.0231. The Hall–Kier alpha value is -0.620. The number of amides is 1. The van der Waals surface area contributed by atoms with Crippen LogP contribution >= 0.6 is 0 Å². The molecular formula is C10H22N2O3S. The van der Waals surface area contributed by atoms with E-state index >= 15 is 0 Å². The van der Waals surface area contributed by atoms with Crippen LogP contribution in [-0.4, -0.2) is 44.1 Å². The van der Waals surface area contributed by atoms with Crippen molar-refractivity contribution >= 4 is 15.9 Å². The van der Waals surface area contributed by atoms with E-state index in [0.717, 1.165) is 6.42 Å². The molecule has 0 fully saturated rings. The molecule has 0 aliphatic rings. The van der Waals surface area contributed by atoms with Gasteiger partial charge in [0.05, 0.1) is 5.75 Å². The molecule has 1 N–H and O–H groups in total. The SMILES string of the molecule is CCC(C)N(CCNS(=O)(=O)CC)C(C)=O. The molecule has 0 rings (SSSR count). The summed E-state index contributed by atoms with van der Waals surface area (Å²) in [6, 6.07) is 0.142. The van der Waals surface area contributed by atoms with Crippen LogP contribution in [0.3, 0.4) is 0 Å². The topological polar surface area (TPSA) is 66.5 Å². The Bertz CT molecular complexity index is 314. The maximum Gasteiger partial charge on any atom is 0.219 e. The largest absolute Gasteiger partial charge is 0.339 e. The molecule has 0 radical (unpaired) electrons. The van der Waals surface area contributed by atoms with Crippen LogP contribution in [0.5, 0.6) is 0 Å². The predicted molar refractivity (Wildman–Crippen MR) is 64.6 cm³/mol. The van der Waals surface area contributed by atoms with Gasteiger partial charge in [0.25, 0.3) is 0 Å². The van der Waals surface area contributed by atoms with Crippen molar-refractivity contribution in [2.75, 3.05) is 18.8 Å². The Morgan fingerprint density at radius 2 is 1.94 bits per heavy atom. The van der Waals surface area contributed by atoms with Gasteiger partial charge >= 0.3 is 0 Å². The molecule has 0 spiro atoms. The molecule has 1 unspecified atom stereocenters. The molecule has 6 heteroatoms. The summed E-state index contributed by atoms with van der Waals surface area (Å²) in [5.74, 6) is 0.0428. The van der Waals surface area contributed by atoms with Crippen molar-refractivity contribution in [3.63, 3.8) is 0 Å². The Morgan fingerprint density at radius 3 is 2.31 bits per heavy atom. The fourth-order valence-corrected chi connectivity index (χ4v) is 1.94. The van der Waals surface area contributed by atoms with E-state index in [4.69, 9.17) is 0 Å². The molecule has 0 aliphatic heterocycles. The highest BCUT2D eigenvalue weighted by atomic mass is 32.2. The summed E-state index contributed by atoms with van der Waals surface area (Å²) >= 11 is 0. The number of carbonyl (C=O) groups excluding carboxylic acids is 1. The summed E-state index contributed by atoms with van der Waals surface area (Å²) in [6.07, 6.45) is 0.861. The van der Waals surface area contributed by atoms with E-state index in [-0.39, 0.29) is 24.2 Å². The molecule has 0 aliphatic carbocycles. The maximum atomic E-state index is 11.3. The summed E-state index contributed by atoms with van der Waals surface area (Å²) in [5.41, 5.74) is 0. The zero-order valence-corrected chi connectivity index (χ0v) is 11.3. The van der Waals surface area contributed by atoms with Crippen molar-refractivity contribution in [1.82, 2.24) is 9.62 Å². The van der Waals surface area contributed by atoms with E-state index in [1.807, 2.05) is 13.8 Å². The van der Waals surface area contributed by atoms with Crippen molar-refractivity contribution in [1.29, 1.82) is 0 Å². The van der Waals surface area contributed by atoms with E-state index in [9.17, 15) is 13.2 Å². The van der Waals surface area contributed by atoms with Gasteiger partial charge in [0.15, 0.2) is 0 Å². The van der Waals surface area contributed by atoms with Crippen molar-refractivity contribution in [2.45, 2.75) is 40.2 Å². The zero-order valence-electron chi connectivity index (χ0n) is 10.5. The molecule has 1 atom stereocenters. The van der Waals surface area contributed by atoms with Gasteiger partial charge in [0, 0.05) is 26.1 Å². The Morgan fingerprint density at radius 1 is 1.38 bits per heavy atom. The summed E-state index contributed by atoms with van der Waals surface area (Å²) < 4.78 is 24.8. The number of nitrogens with zero attached hydrogens (tertiary/aromatic N) is 1. The average molecular weight is 250 g/mol. The van der Waals surface area contributed by atoms with Crippen LogP contribution in [0, 0.1) is 0 Å². The summed E-state index contributed by atoms with van der Waals surface area (Å²) in [7, 11) is -3.16. The average Bonchev–Trinajstić information content (AvgIpc) is 2.23. The number of hydrogen-bond donors (Lipinski definition) is 1. The normalized spacial score (nSPS) is 13.5. The first-order valence-corrected chi connectivity index (χ1v) is 7.23. The van der Waals surface area contributed by atoms with Gasteiger partial charge in [0.2, 0.25) is 15.9 Å². The van der Waals surface area contributed by atoms with Crippen LogP contribution in [0.25, 0.3) is 0 Å². The molecule has 16 heavy (non-hydrogen) atoms. The molecule has 96 valence electrons. The standard InChI is InChI=1S/C10H22N2O3S/c1-5-9(3)12(10(4)13)8-7-11-16(14,15)6-2/h9,11H,5-8H2,1-4H3. The van der Waals surface area contributed by atoms with E-state index in [1.165, 1.54) is 6.92 Å². The Kier molecular flexibility index (Phi) is 6.59. The highest BCUT2D eigenvalue weighted by molar-refractivity contribution is 7.89. The smallest absolute Gasteiger partial charge is 0.219 e. The lowest BCUT2D eigenvalue weighted by atomic mass is 10.2. The lowest BCUT2D eigenvalue weighted by Crippen LogP contribution is -2.42. The van der Waals surface area contributed by atoms with E-state index < -0.39 is 10.0 Å². The second-order valence-electron chi connectivity index (χ2n) is 3.77. The Labute approximate surface area is 98.3 Å². The highest BCUT2D eigenvalue weighted by Gasteiger charge is 2.15. The van der Waals surface area contributed by atoms with Gasteiger partial charge in [0.1, 0.15) is 0 Å². The van der Waals surface area contributed by atoms with Gasteiger partial charge in [-0.1, -0.05) is 6.92 Å². The van der Waals surface area contributed by atoms with Crippen LogP contribution in [0.4, 0.5) is 0 Å². The summed E-state index contributed by atoms with van der Waals surface area (Å²) in [6.45, 7) is 7.73. The first-order chi connectivity index (χ1) is 7.34. The number of nitrogens with one attached hydrogen (secondary N) is 1. The molecule has 1 amide bonds. The van der Waals surface area contributed by atoms with Gasteiger partial charge in [-0.05, 0) is 20.3 Å². The summed E-state index contributed by atoms with van der Waals surface area (Å²) in [5, 5.41) is 0. The monoisotopic (exact) mass is 250 g/mol. The highest BCUT2D eigenvalue weighted by Crippen LogP contribution is 2.02. The molecule has 0 aromatic carbocycles. The maximum absolute atomic E-state index is 11.3. The molecular weight excluding hydrogens is 228 g/mol. The fraction of sp³-hybridized carbons (Fsp3) is 0.900. The van der Waals surface area contributed by atoms with Crippen molar-refractivity contribution < 1.29 is 13.2 Å². The fourth-order valence-electron chi connectivity index (χ4n) is 1.33. The van der Waals surface area contributed by atoms with Crippen molar-refractivity contribution in [3.8, 4) is 0 Å². The minimum Gasteiger partial charge on any atom is -0.339 e. The minimum atomic E-state index is -3.16. The first kappa shape index (κ1) is 15.4. The second-order valence-corrected chi connectivity index (χ2v) is 5.86. The molecule has 5 nitrogen and oxygen atoms in total. The van der Waals surface area contributed by atoms with Crippen LogP contribution in [0.2, 0.25) is 0 Å². The lowest BCUT2D eigenvalue weighted by Gasteiger charge is -2.27. The van der Waals surface area contributed by atoms with E-state index in [1.54, 1.807) is 11.8 Å². The van der Waals surface area contributed by atoms with Gasteiger partial charge in [-0.25, -0.2) is 13.1 Å². The molecule has 0 bridgehead atoms. The van der Waals surface area contributed by atoms with Crippen LogP contribution < -0.4 is 4.72 Å². The van der Waals surface area contributed by atoms with Crippen molar-refractivity contribution in [2.24, 2.45) is 0 Å².